The lowest BCUT2D eigenvalue weighted by Crippen LogP contribution is -2.14. The van der Waals surface area contributed by atoms with Crippen LogP contribution in [0.15, 0.2) is 77.1 Å². The van der Waals surface area contributed by atoms with Crippen LogP contribution in [-0.2, 0) is 6.42 Å². The number of benzene rings is 3. The van der Waals surface area contributed by atoms with Gasteiger partial charge in [0.2, 0.25) is 0 Å². The normalized spacial score (nSPS) is 12.0. The fourth-order valence-electron chi connectivity index (χ4n) is 3.38. The van der Waals surface area contributed by atoms with Gasteiger partial charge in [0.15, 0.2) is 0 Å². The Bertz CT molecular complexity index is 1140. The summed E-state index contributed by atoms with van der Waals surface area (Å²) in [4.78, 5) is 7.79. The van der Waals surface area contributed by atoms with Crippen molar-refractivity contribution in [2.75, 3.05) is 13.6 Å². The molecule has 3 rings (SSSR count). The molecule has 160 valence electrons. The van der Waals surface area contributed by atoms with E-state index in [1.165, 1.54) is 38.6 Å². The summed E-state index contributed by atoms with van der Waals surface area (Å²) >= 11 is 1.71. The number of fused-ring (bicyclic) bond motifs is 1. The van der Waals surface area contributed by atoms with Gasteiger partial charge in [0.05, 0.1) is 12.0 Å². The summed E-state index contributed by atoms with van der Waals surface area (Å²) in [7, 11) is 2.04. The minimum absolute atomic E-state index is 0.934. The molecular weight excluding hydrogens is 396 g/mol. The maximum atomic E-state index is 4.64. The number of hydrogen-bond acceptors (Lipinski definition) is 2. The molecule has 0 aliphatic rings. The van der Waals surface area contributed by atoms with Gasteiger partial charge in [-0.2, -0.15) is 0 Å². The third-order valence-corrected chi connectivity index (χ3v) is 6.53. The van der Waals surface area contributed by atoms with E-state index in [9.17, 15) is 0 Å². The first-order valence-electron chi connectivity index (χ1n) is 10.7. The van der Waals surface area contributed by atoms with Gasteiger partial charge in [-0.1, -0.05) is 66.4 Å². The molecule has 3 aromatic rings. The van der Waals surface area contributed by atoms with Crippen molar-refractivity contribution < 1.29 is 0 Å². The van der Waals surface area contributed by atoms with Crippen molar-refractivity contribution in [1.82, 2.24) is 4.90 Å². The van der Waals surface area contributed by atoms with Crippen LogP contribution in [0, 0.1) is 13.8 Å². The zero-order valence-corrected chi connectivity index (χ0v) is 20.1. The molecule has 31 heavy (non-hydrogen) atoms. The number of aryl methyl sites for hydroxylation is 2. The maximum Gasteiger partial charge on any atom is 0.0909 e. The molecule has 0 aliphatic heterocycles. The molecule has 0 bridgehead atoms. The van der Waals surface area contributed by atoms with Gasteiger partial charge < -0.3 is 4.90 Å². The predicted octanol–water partition coefficient (Wildman–Crippen LogP) is 7.92. The van der Waals surface area contributed by atoms with Gasteiger partial charge >= 0.3 is 0 Å². The standard InChI is InChI=1S/C28H32N2S/c1-7-30(6)19-29-28-16-21(3)27(15-22(28)4)14-20(2)18-31-23(5)25-13-12-24-10-8-9-11-26(24)17-25/h8-13,15-19H,5,7,14H2,1-4,6H3/b20-18+,29-19?. The van der Waals surface area contributed by atoms with Crippen LogP contribution < -0.4 is 0 Å². The molecule has 0 heterocycles. The smallest absolute Gasteiger partial charge is 0.0909 e. The Balaban J connectivity index is 1.68. The first-order valence-corrected chi connectivity index (χ1v) is 11.6. The maximum absolute atomic E-state index is 4.64. The van der Waals surface area contributed by atoms with Crippen molar-refractivity contribution in [3.8, 4) is 0 Å². The number of nitrogens with zero attached hydrogens (tertiary/aromatic N) is 2. The number of aliphatic imine (C=N–C) groups is 1. The first-order chi connectivity index (χ1) is 14.9. The zero-order chi connectivity index (χ0) is 22.4. The summed E-state index contributed by atoms with van der Waals surface area (Å²) in [6.07, 6.45) is 2.84. The van der Waals surface area contributed by atoms with Crippen LogP contribution in [0.1, 0.15) is 36.1 Å². The van der Waals surface area contributed by atoms with Crippen molar-refractivity contribution in [3.05, 3.63) is 94.4 Å². The van der Waals surface area contributed by atoms with Gasteiger partial charge in [0.25, 0.3) is 0 Å². The SMILES string of the molecule is C=C(S/C=C(\C)Cc1cc(C)c(N=CN(C)CC)cc1C)c1ccc2ccccc2c1. The molecule has 0 saturated heterocycles. The lowest BCUT2D eigenvalue weighted by Gasteiger charge is -2.12. The molecule has 0 aliphatic carbocycles. The van der Waals surface area contributed by atoms with E-state index in [-0.39, 0.29) is 0 Å². The van der Waals surface area contributed by atoms with Crippen LogP contribution in [0.4, 0.5) is 5.69 Å². The molecule has 0 amide bonds. The Labute approximate surface area is 191 Å². The van der Waals surface area contributed by atoms with Gasteiger partial charge in [-0.25, -0.2) is 4.99 Å². The van der Waals surface area contributed by atoms with Gasteiger partial charge in [0.1, 0.15) is 0 Å². The molecule has 0 radical (unpaired) electrons. The van der Waals surface area contributed by atoms with Gasteiger partial charge in [0, 0.05) is 18.5 Å². The molecule has 2 nitrogen and oxygen atoms in total. The van der Waals surface area contributed by atoms with Gasteiger partial charge in [-0.15, -0.1) is 0 Å². The Morgan fingerprint density at radius 2 is 1.77 bits per heavy atom. The van der Waals surface area contributed by atoms with E-state index < -0.39 is 0 Å². The quantitative estimate of drug-likeness (QED) is 0.267. The average Bonchev–Trinajstić information content (AvgIpc) is 2.78. The molecule has 0 fully saturated rings. The van der Waals surface area contributed by atoms with Crippen molar-refractivity contribution in [2.45, 2.75) is 34.1 Å². The minimum atomic E-state index is 0.934. The third kappa shape index (κ3) is 6.11. The second kappa shape index (κ2) is 10.5. The largest absolute Gasteiger partial charge is 0.366 e. The molecule has 0 saturated carbocycles. The summed E-state index contributed by atoms with van der Waals surface area (Å²) in [5.41, 5.74) is 7.40. The molecule has 0 N–H and O–H groups in total. The van der Waals surface area contributed by atoms with Crippen LogP contribution in [0.3, 0.4) is 0 Å². The summed E-state index contributed by atoms with van der Waals surface area (Å²) in [6, 6.07) is 19.5. The number of thioether (sulfide) groups is 1. The first kappa shape index (κ1) is 22.9. The lowest BCUT2D eigenvalue weighted by molar-refractivity contribution is 0.552. The fraction of sp³-hybridized carbons (Fsp3) is 0.250. The van der Waals surface area contributed by atoms with Crippen molar-refractivity contribution in [2.24, 2.45) is 4.99 Å². The van der Waals surface area contributed by atoms with E-state index in [1.807, 2.05) is 13.4 Å². The van der Waals surface area contributed by atoms with Crippen LogP contribution in [0.2, 0.25) is 0 Å². The van der Waals surface area contributed by atoms with Crippen LogP contribution in [-0.4, -0.2) is 24.8 Å². The highest BCUT2D eigenvalue weighted by Gasteiger charge is 2.06. The highest BCUT2D eigenvalue weighted by Crippen LogP contribution is 2.31. The van der Waals surface area contributed by atoms with E-state index in [0.29, 0.717) is 0 Å². The average molecular weight is 429 g/mol. The Morgan fingerprint density at radius 1 is 1.03 bits per heavy atom. The molecule has 0 spiro atoms. The Hall–Kier alpha value is -2.78. The van der Waals surface area contributed by atoms with E-state index in [4.69, 9.17) is 0 Å². The highest BCUT2D eigenvalue weighted by atomic mass is 32.2. The number of allylic oxidation sites excluding steroid dienone is 1. The predicted molar refractivity (Wildman–Crippen MR) is 140 cm³/mol. The van der Waals surface area contributed by atoms with Crippen LogP contribution in [0.5, 0.6) is 0 Å². The summed E-state index contributed by atoms with van der Waals surface area (Å²) in [6.45, 7) is 13.9. The minimum Gasteiger partial charge on any atom is -0.366 e. The summed E-state index contributed by atoms with van der Waals surface area (Å²) in [5.74, 6) is 0. The molecule has 0 atom stereocenters. The molecular formula is C28H32N2S. The van der Waals surface area contributed by atoms with E-state index >= 15 is 0 Å². The van der Waals surface area contributed by atoms with E-state index in [0.717, 1.165) is 23.6 Å². The molecule has 3 aromatic carbocycles. The highest BCUT2D eigenvalue weighted by molar-refractivity contribution is 8.10. The topological polar surface area (TPSA) is 15.6 Å². The van der Waals surface area contributed by atoms with Crippen molar-refractivity contribution >= 4 is 39.5 Å². The second-order valence-corrected chi connectivity index (χ2v) is 9.09. The van der Waals surface area contributed by atoms with Gasteiger partial charge in [-0.3, -0.25) is 0 Å². The van der Waals surface area contributed by atoms with Crippen molar-refractivity contribution in [3.63, 3.8) is 0 Å². The Morgan fingerprint density at radius 3 is 2.52 bits per heavy atom. The number of hydrogen-bond donors (Lipinski definition) is 0. The zero-order valence-electron chi connectivity index (χ0n) is 19.3. The lowest BCUT2D eigenvalue weighted by atomic mass is 9.99. The fourth-order valence-corrected chi connectivity index (χ4v) is 4.07. The van der Waals surface area contributed by atoms with Crippen LogP contribution in [0.25, 0.3) is 15.7 Å². The summed E-state index contributed by atoms with van der Waals surface area (Å²) in [5, 5.41) is 4.74. The summed E-state index contributed by atoms with van der Waals surface area (Å²) < 4.78 is 0. The molecule has 3 heteroatoms. The van der Waals surface area contributed by atoms with Crippen molar-refractivity contribution in [1.29, 1.82) is 0 Å². The third-order valence-electron chi connectivity index (χ3n) is 5.49. The van der Waals surface area contributed by atoms with E-state index in [1.54, 1.807) is 11.8 Å². The monoisotopic (exact) mass is 428 g/mol. The number of rotatable bonds is 8. The molecule has 0 unspecified atom stereocenters. The molecule has 0 aromatic heterocycles. The van der Waals surface area contributed by atoms with E-state index in [2.05, 4.69) is 104 Å². The van der Waals surface area contributed by atoms with Gasteiger partial charge in [-0.05, 0) is 84.7 Å². The van der Waals surface area contributed by atoms with Crippen LogP contribution >= 0.6 is 11.8 Å². The Kier molecular flexibility index (Phi) is 7.75. The second-order valence-electron chi connectivity index (χ2n) is 8.13.